The van der Waals surface area contributed by atoms with E-state index in [9.17, 15) is 4.79 Å². The van der Waals surface area contributed by atoms with Crippen LogP contribution >= 0.6 is 0 Å². The van der Waals surface area contributed by atoms with Gasteiger partial charge in [0.25, 0.3) is 0 Å². The number of amides is 2. The van der Waals surface area contributed by atoms with Gasteiger partial charge < -0.3 is 10.6 Å². The Kier molecular flexibility index (Phi) is 5.27. The largest absolute Gasteiger partial charge is 0.332 e. The Balaban J connectivity index is 1.57. The summed E-state index contributed by atoms with van der Waals surface area (Å²) < 4.78 is 1.92. The van der Waals surface area contributed by atoms with E-state index < -0.39 is 0 Å². The van der Waals surface area contributed by atoms with Gasteiger partial charge in [0.05, 0.1) is 41.0 Å². The number of benzene rings is 2. The molecular formula is C24H28N6O. The second-order valence-electron chi connectivity index (χ2n) is 8.90. The zero-order valence-electron chi connectivity index (χ0n) is 18.6. The fourth-order valence-electron chi connectivity index (χ4n) is 3.41. The molecule has 2 aromatic carbocycles. The van der Waals surface area contributed by atoms with Gasteiger partial charge in [0.1, 0.15) is 0 Å². The van der Waals surface area contributed by atoms with Crippen molar-refractivity contribution in [2.45, 2.75) is 46.6 Å². The number of rotatable bonds is 4. The van der Waals surface area contributed by atoms with Crippen molar-refractivity contribution in [1.82, 2.24) is 25.3 Å². The highest BCUT2D eigenvalue weighted by atomic mass is 16.2. The maximum Gasteiger partial charge on any atom is 0.319 e. The Hall–Kier alpha value is -3.61. The number of aromatic nitrogens is 4. The molecule has 31 heavy (non-hydrogen) atoms. The van der Waals surface area contributed by atoms with Crippen molar-refractivity contribution < 1.29 is 4.79 Å². The quantitative estimate of drug-likeness (QED) is 0.438. The van der Waals surface area contributed by atoms with Crippen LogP contribution in [0.1, 0.15) is 43.3 Å². The molecule has 2 amide bonds. The van der Waals surface area contributed by atoms with E-state index in [4.69, 9.17) is 5.10 Å². The van der Waals surface area contributed by atoms with Gasteiger partial charge in [0.15, 0.2) is 0 Å². The SMILES string of the molecule is Cc1ccc(-n2nc(C(C)(C)C)cc2CNC(=O)Nc2cccc3[nH]ncc23)cc1C. The van der Waals surface area contributed by atoms with Gasteiger partial charge in [-0.3, -0.25) is 5.10 Å². The van der Waals surface area contributed by atoms with E-state index in [0.29, 0.717) is 12.2 Å². The van der Waals surface area contributed by atoms with Crippen molar-refractivity contribution >= 4 is 22.6 Å². The molecule has 0 bridgehead atoms. The van der Waals surface area contributed by atoms with Crippen LogP contribution in [0.25, 0.3) is 16.6 Å². The number of fused-ring (bicyclic) bond motifs is 1. The molecule has 2 heterocycles. The van der Waals surface area contributed by atoms with Crippen molar-refractivity contribution in [1.29, 1.82) is 0 Å². The number of nitrogens with zero attached hydrogens (tertiary/aromatic N) is 3. The number of hydrogen-bond donors (Lipinski definition) is 3. The Morgan fingerprint density at radius 2 is 1.90 bits per heavy atom. The molecule has 3 N–H and O–H groups in total. The summed E-state index contributed by atoms with van der Waals surface area (Å²) in [5.41, 5.74) is 6.81. The third-order valence-corrected chi connectivity index (χ3v) is 5.45. The Morgan fingerprint density at radius 3 is 2.65 bits per heavy atom. The van der Waals surface area contributed by atoms with Crippen molar-refractivity contribution in [3.63, 3.8) is 0 Å². The van der Waals surface area contributed by atoms with Crippen LogP contribution in [-0.4, -0.2) is 26.0 Å². The van der Waals surface area contributed by atoms with Crippen LogP contribution in [0, 0.1) is 13.8 Å². The molecule has 7 nitrogen and oxygen atoms in total. The van der Waals surface area contributed by atoms with Crippen LogP contribution in [0.5, 0.6) is 0 Å². The van der Waals surface area contributed by atoms with E-state index in [1.165, 1.54) is 11.1 Å². The number of hydrogen-bond acceptors (Lipinski definition) is 3. The highest BCUT2D eigenvalue weighted by Crippen LogP contribution is 2.25. The van der Waals surface area contributed by atoms with Crippen LogP contribution < -0.4 is 10.6 Å². The number of nitrogens with one attached hydrogen (secondary N) is 3. The van der Waals surface area contributed by atoms with Crippen molar-refractivity contribution in [3.05, 3.63) is 71.2 Å². The maximum atomic E-state index is 12.6. The molecule has 160 valence electrons. The lowest BCUT2D eigenvalue weighted by Crippen LogP contribution is -2.29. The van der Waals surface area contributed by atoms with E-state index in [0.717, 1.165) is 28.0 Å². The van der Waals surface area contributed by atoms with Crippen LogP contribution in [-0.2, 0) is 12.0 Å². The molecular weight excluding hydrogens is 388 g/mol. The van der Waals surface area contributed by atoms with E-state index >= 15 is 0 Å². The van der Waals surface area contributed by atoms with E-state index in [-0.39, 0.29) is 11.4 Å². The van der Waals surface area contributed by atoms with Crippen molar-refractivity contribution in [2.75, 3.05) is 5.32 Å². The predicted molar refractivity (Wildman–Crippen MR) is 124 cm³/mol. The van der Waals surface area contributed by atoms with Crippen molar-refractivity contribution in [3.8, 4) is 5.69 Å². The maximum absolute atomic E-state index is 12.6. The number of aryl methyl sites for hydroxylation is 2. The lowest BCUT2D eigenvalue weighted by molar-refractivity contribution is 0.251. The van der Waals surface area contributed by atoms with Gasteiger partial charge in [-0.15, -0.1) is 0 Å². The Morgan fingerprint density at radius 1 is 1.10 bits per heavy atom. The number of aromatic amines is 1. The summed E-state index contributed by atoms with van der Waals surface area (Å²) in [5.74, 6) is 0. The van der Waals surface area contributed by atoms with Crippen molar-refractivity contribution in [2.24, 2.45) is 0 Å². The zero-order chi connectivity index (χ0) is 22.2. The van der Waals surface area contributed by atoms with E-state index in [1.54, 1.807) is 6.20 Å². The summed E-state index contributed by atoms with van der Waals surface area (Å²) in [5, 5.41) is 18.5. The second-order valence-corrected chi connectivity index (χ2v) is 8.90. The van der Waals surface area contributed by atoms with Crippen LogP contribution in [0.2, 0.25) is 0 Å². The molecule has 0 saturated heterocycles. The molecule has 0 spiro atoms. The van der Waals surface area contributed by atoms with Crippen LogP contribution in [0.4, 0.5) is 10.5 Å². The summed E-state index contributed by atoms with van der Waals surface area (Å²) in [4.78, 5) is 12.6. The molecule has 0 aliphatic rings. The number of H-pyrrole nitrogens is 1. The van der Waals surface area contributed by atoms with E-state index in [2.05, 4.69) is 79.7 Å². The van der Waals surface area contributed by atoms with Crippen LogP contribution in [0.15, 0.2) is 48.7 Å². The first-order valence-electron chi connectivity index (χ1n) is 10.4. The van der Waals surface area contributed by atoms with Gasteiger partial charge in [-0.2, -0.15) is 10.2 Å². The molecule has 4 rings (SSSR count). The Labute approximate surface area is 181 Å². The molecule has 0 radical (unpaired) electrons. The smallest absolute Gasteiger partial charge is 0.319 e. The first kappa shape index (κ1) is 20.7. The fourth-order valence-corrected chi connectivity index (χ4v) is 3.41. The standard InChI is InChI=1S/C24H28N6O/c1-15-9-10-17(11-16(15)2)30-18(12-22(29-30)24(3,4)5)13-25-23(31)27-20-7-6-8-21-19(20)14-26-28-21/h6-12,14H,13H2,1-5H3,(H,26,28)(H2,25,27,31). The topological polar surface area (TPSA) is 87.6 Å². The lowest BCUT2D eigenvalue weighted by Gasteiger charge is -2.14. The normalized spacial score (nSPS) is 11.6. The highest BCUT2D eigenvalue weighted by molar-refractivity contribution is 6.00. The molecule has 2 aromatic heterocycles. The number of urea groups is 1. The first-order chi connectivity index (χ1) is 14.7. The summed E-state index contributed by atoms with van der Waals surface area (Å²) in [7, 11) is 0. The van der Waals surface area contributed by atoms with Gasteiger partial charge in [-0.05, 0) is 55.3 Å². The fraction of sp³-hybridized carbons (Fsp3) is 0.292. The predicted octanol–water partition coefficient (Wildman–Crippen LogP) is 4.98. The van der Waals surface area contributed by atoms with Gasteiger partial charge >= 0.3 is 6.03 Å². The highest BCUT2D eigenvalue weighted by Gasteiger charge is 2.21. The third-order valence-electron chi connectivity index (χ3n) is 5.45. The summed E-state index contributed by atoms with van der Waals surface area (Å²) in [6.07, 6.45) is 1.70. The lowest BCUT2D eigenvalue weighted by atomic mass is 9.92. The molecule has 0 unspecified atom stereocenters. The van der Waals surface area contributed by atoms with Crippen LogP contribution in [0.3, 0.4) is 0 Å². The minimum atomic E-state index is -0.279. The average Bonchev–Trinajstić information content (AvgIpc) is 3.36. The first-order valence-corrected chi connectivity index (χ1v) is 10.4. The van der Waals surface area contributed by atoms with E-state index in [1.807, 2.05) is 22.9 Å². The number of carbonyl (C=O) groups excluding carboxylic acids is 1. The van der Waals surface area contributed by atoms with Gasteiger partial charge in [0.2, 0.25) is 0 Å². The summed E-state index contributed by atoms with van der Waals surface area (Å²) in [6, 6.07) is 13.7. The summed E-state index contributed by atoms with van der Waals surface area (Å²) >= 11 is 0. The number of anilines is 1. The molecule has 0 aliphatic heterocycles. The van der Waals surface area contributed by atoms with Gasteiger partial charge in [-0.1, -0.05) is 32.9 Å². The molecule has 0 fully saturated rings. The molecule has 0 saturated carbocycles. The molecule has 0 atom stereocenters. The van der Waals surface area contributed by atoms with Gasteiger partial charge in [-0.25, -0.2) is 9.48 Å². The zero-order valence-corrected chi connectivity index (χ0v) is 18.6. The molecule has 4 aromatic rings. The number of carbonyl (C=O) groups is 1. The average molecular weight is 417 g/mol. The third kappa shape index (κ3) is 4.30. The Bertz CT molecular complexity index is 1240. The minimum absolute atomic E-state index is 0.0983. The van der Waals surface area contributed by atoms with Gasteiger partial charge in [0, 0.05) is 10.8 Å². The molecule has 7 heteroatoms. The minimum Gasteiger partial charge on any atom is -0.332 e. The second kappa shape index (κ2) is 7.91. The monoisotopic (exact) mass is 416 g/mol. The summed E-state index contributed by atoms with van der Waals surface area (Å²) in [6.45, 7) is 10.9. The molecule has 0 aliphatic carbocycles.